The lowest BCUT2D eigenvalue weighted by Gasteiger charge is -2.27. The molecule has 1 aromatic carbocycles. The van der Waals surface area contributed by atoms with Gasteiger partial charge in [-0.25, -0.2) is 0 Å². The van der Waals surface area contributed by atoms with Gasteiger partial charge >= 0.3 is 0 Å². The number of amides is 2. The molecule has 5 rings (SSSR count). The van der Waals surface area contributed by atoms with Crippen LogP contribution in [0.4, 0.5) is 0 Å². The van der Waals surface area contributed by atoms with Gasteiger partial charge in [-0.15, -0.1) is 10.2 Å². The minimum Gasteiger partial charge on any atom is -0.347 e. The van der Waals surface area contributed by atoms with Gasteiger partial charge in [0.05, 0.1) is 0 Å². The van der Waals surface area contributed by atoms with Crippen molar-refractivity contribution in [2.24, 2.45) is 5.41 Å². The summed E-state index contributed by atoms with van der Waals surface area (Å²) in [6.07, 6.45) is 8.21. The zero-order valence-corrected chi connectivity index (χ0v) is 19.2. The summed E-state index contributed by atoms with van der Waals surface area (Å²) >= 11 is 0. The quantitative estimate of drug-likeness (QED) is 0.801. The Hall–Kier alpha value is -2.70. The third kappa shape index (κ3) is 4.05. The van der Waals surface area contributed by atoms with Crippen LogP contribution in [0.1, 0.15) is 82.9 Å². The molecule has 1 saturated heterocycles. The fraction of sp³-hybridized carbons (Fsp3) is 0.600. The second kappa shape index (κ2) is 8.34. The van der Waals surface area contributed by atoms with Crippen LogP contribution in [-0.2, 0) is 13.0 Å². The van der Waals surface area contributed by atoms with Crippen LogP contribution < -0.4 is 5.32 Å². The first-order valence-corrected chi connectivity index (χ1v) is 12.0. The summed E-state index contributed by atoms with van der Waals surface area (Å²) in [5.41, 5.74) is 3.13. The van der Waals surface area contributed by atoms with Crippen molar-refractivity contribution in [2.75, 3.05) is 13.1 Å². The molecule has 2 fully saturated rings. The predicted molar refractivity (Wildman–Crippen MR) is 122 cm³/mol. The first-order chi connectivity index (χ1) is 15.4. The van der Waals surface area contributed by atoms with E-state index < -0.39 is 0 Å². The van der Waals surface area contributed by atoms with E-state index in [0.29, 0.717) is 5.82 Å². The molecule has 0 radical (unpaired) electrons. The second-order valence-electron chi connectivity index (χ2n) is 10.1. The van der Waals surface area contributed by atoms with Gasteiger partial charge in [0, 0.05) is 37.7 Å². The van der Waals surface area contributed by atoms with E-state index in [0.717, 1.165) is 80.7 Å². The van der Waals surface area contributed by atoms with Crippen molar-refractivity contribution in [1.82, 2.24) is 25.0 Å². The first kappa shape index (κ1) is 21.2. The molecule has 2 amide bonds. The molecule has 7 heteroatoms. The zero-order chi connectivity index (χ0) is 22.3. The van der Waals surface area contributed by atoms with Crippen molar-refractivity contribution in [2.45, 2.75) is 77.8 Å². The molecule has 0 bridgehead atoms. The molecule has 2 aliphatic heterocycles. The van der Waals surface area contributed by atoms with Crippen LogP contribution in [0.2, 0.25) is 0 Å². The van der Waals surface area contributed by atoms with E-state index in [4.69, 9.17) is 0 Å². The minimum atomic E-state index is -0.0929. The third-order valence-electron chi connectivity index (χ3n) is 7.66. The number of hydrogen-bond donors (Lipinski definition) is 1. The number of benzene rings is 1. The minimum absolute atomic E-state index is 0.0917. The van der Waals surface area contributed by atoms with E-state index in [2.05, 4.69) is 21.6 Å². The summed E-state index contributed by atoms with van der Waals surface area (Å²) in [5.74, 6) is 1.39. The van der Waals surface area contributed by atoms with Crippen LogP contribution in [0.15, 0.2) is 18.2 Å². The fourth-order valence-corrected chi connectivity index (χ4v) is 5.89. The van der Waals surface area contributed by atoms with Gasteiger partial charge < -0.3 is 14.8 Å². The lowest BCUT2D eigenvalue weighted by atomic mass is 9.80. The van der Waals surface area contributed by atoms with Crippen molar-refractivity contribution < 1.29 is 9.59 Å². The summed E-state index contributed by atoms with van der Waals surface area (Å²) in [6, 6.07) is 6.35. The number of aromatic nitrogens is 3. The number of fused-ring (bicyclic) bond motifs is 1. The Morgan fingerprint density at radius 3 is 2.47 bits per heavy atom. The highest BCUT2D eigenvalue weighted by Gasteiger charge is 2.42. The van der Waals surface area contributed by atoms with Crippen molar-refractivity contribution in [3.05, 3.63) is 46.5 Å². The number of carbonyl (C=O) groups is 2. The molecule has 3 aliphatic rings. The summed E-state index contributed by atoms with van der Waals surface area (Å²) in [4.78, 5) is 28.0. The van der Waals surface area contributed by atoms with Gasteiger partial charge in [0.1, 0.15) is 5.82 Å². The molecule has 32 heavy (non-hydrogen) atoms. The van der Waals surface area contributed by atoms with Crippen molar-refractivity contribution in [3.8, 4) is 0 Å². The van der Waals surface area contributed by atoms with Crippen molar-refractivity contribution >= 4 is 11.8 Å². The molecule has 1 saturated carbocycles. The number of rotatable bonds is 3. The van der Waals surface area contributed by atoms with Crippen molar-refractivity contribution in [3.63, 3.8) is 0 Å². The van der Waals surface area contributed by atoms with E-state index >= 15 is 0 Å². The third-order valence-corrected chi connectivity index (χ3v) is 7.66. The molecule has 1 aromatic heterocycles. The van der Waals surface area contributed by atoms with E-state index in [-0.39, 0.29) is 23.3 Å². The van der Waals surface area contributed by atoms with Gasteiger partial charge in [-0.3, -0.25) is 9.59 Å². The second-order valence-corrected chi connectivity index (χ2v) is 10.1. The highest BCUT2D eigenvalue weighted by molar-refractivity contribution is 5.95. The molecule has 1 N–H and O–H groups in total. The van der Waals surface area contributed by atoms with Crippen LogP contribution in [0, 0.1) is 19.3 Å². The molecular weight excluding hydrogens is 402 g/mol. The Bertz CT molecular complexity index is 1020. The lowest BCUT2D eigenvalue weighted by Crippen LogP contribution is -2.35. The number of aryl methyl sites for hydroxylation is 3. The topological polar surface area (TPSA) is 80.1 Å². The Labute approximate surface area is 189 Å². The van der Waals surface area contributed by atoms with Crippen LogP contribution in [0.25, 0.3) is 0 Å². The zero-order valence-electron chi connectivity index (χ0n) is 19.2. The molecule has 7 nitrogen and oxygen atoms in total. The number of nitrogens with one attached hydrogen (secondary N) is 1. The summed E-state index contributed by atoms with van der Waals surface area (Å²) in [7, 11) is 0. The van der Waals surface area contributed by atoms with Gasteiger partial charge in [-0.2, -0.15) is 0 Å². The number of carbonyl (C=O) groups excluding carboxylic acids is 2. The standard InChI is InChI=1S/C25H33N5O2/c1-17-13-18(2)15-19(14-17)24(32)29-11-9-25(16-29)8-7-21-27-28-22(30(21)12-10-25)23(31)26-20-5-3-4-6-20/h13-15,20H,3-12,16H2,1-2H3,(H,26,31). The average Bonchev–Trinajstić information content (AvgIpc) is 3.48. The highest BCUT2D eigenvalue weighted by atomic mass is 16.2. The summed E-state index contributed by atoms with van der Waals surface area (Å²) in [5, 5.41) is 11.7. The van der Waals surface area contributed by atoms with Gasteiger partial charge in [0.2, 0.25) is 5.82 Å². The van der Waals surface area contributed by atoms with Crippen molar-refractivity contribution in [1.29, 1.82) is 0 Å². The normalized spacial score (nSPS) is 23.4. The molecule has 170 valence electrons. The Morgan fingerprint density at radius 2 is 1.72 bits per heavy atom. The predicted octanol–water partition coefficient (Wildman–Crippen LogP) is 3.44. The smallest absolute Gasteiger partial charge is 0.289 e. The van der Waals surface area contributed by atoms with E-state index in [1.807, 2.05) is 35.4 Å². The average molecular weight is 436 g/mol. The summed E-state index contributed by atoms with van der Waals surface area (Å²) < 4.78 is 2.02. The molecular formula is C25H33N5O2. The monoisotopic (exact) mass is 435 g/mol. The Balaban J connectivity index is 1.27. The van der Waals surface area contributed by atoms with Crippen LogP contribution in [0.5, 0.6) is 0 Å². The largest absolute Gasteiger partial charge is 0.347 e. The maximum atomic E-state index is 13.2. The maximum Gasteiger partial charge on any atom is 0.289 e. The molecule has 1 spiro atoms. The fourth-order valence-electron chi connectivity index (χ4n) is 5.89. The van der Waals surface area contributed by atoms with Crippen LogP contribution >= 0.6 is 0 Å². The summed E-state index contributed by atoms with van der Waals surface area (Å²) in [6.45, 7) is 6.39. The number of hydrogen-bond acceptors (Lipinski definition) is 4. The number of likely N-dealkylation sites (tertiary alicyclic amines) is 1. The Kier molecular flexibility index (Phi) is 5.51. The van der Waals surface area contributed by atoms with Crippen LogP contribution in [-0.4, -0.2) is 50.6 Å². The molecule has 1 atom stereocenters. The van der Waals surface area contributed by atoms with Gasteiger partial charge in [0.25, 0.3) is 11.8 Å². The maximum absolute atomic E-state index is 13.2. The van der Waals surface area contributed by atoms with Gasteiger partial charge in [-0.1, -0.05) is 30.0 Å². The van der Waals surface area contributed by atoms with Gasteiger partial charge in [-0.05, 0) is 63.5 Å². The molecule has 1 aliphatic carbocycles. The van der Waals surface area contributed by atoms with Gasteiger partial charge in [0.15, 0.2) is 0 Å². The molecule has 3 heterocycles. The molecule has 1 unspecified atom stereocenters. The van der Waals surface area contributed by atoms with E-state index in [9.17, 15) is 9.59 Å². The lowest BCUT2D eigenvalue weighted by molar-refractivity contribution is 0.0767. The molecule has 2 aromatic rings. The first-order valence-electron chi connectivity index (χ1n) is 12.0. The SMILES string of the molecule is Cc1cc(C)cc(C(=O)N2CCC3(CCc4nnc(C(=O)NC5CCCC5)n4CC3)C2)c1. The van der Waals surface area contributed by atoms with Crippen LogP contribution in [0.3, 0.4) is 0 Å². The van der Waals surface area contributed by atoms with E-state index in [1.54, 1.807) is 0 Å². The Morgan fingerprint density at radius 1 is 1.00 bits per heavy atom. The highest BCUT2D eigenvalue weighted by Crippen LogP contribution is 2.41. The number of nitrogens with zero attached hydrogens (tertiary/aromatic N) is 4. The van der Waals surface area contributed by atoms with E-state index in [1.165, 1.54) is 12.8 Å².